The molecule has 0 bridgehead atoms. The molecule has 0 unspecified atom stereocenters. The fourth-order valence-corrected chi connectivity index (χ4v) is 14.0. The Balaban J connectivity index is 1.38. The summed E-state index contributed by atoms with van der Waals surface area (Å²) in [5.74, 6) is 8.12. The van der Waals surface area contributed by atoms with E-state index in [0.717, 1.165) is 19.3 Å². The van der Waals surface area contributed by atoms with Crippen molar-refractivity contribution in [2.45, 2.75) is 129 Å². The molecule has 3 nitrogen and oxygen atoms in total. The fourth-order valence-electron chi connectivity index (χ4n) is 9.33. The second-order valence-corrected chi connectivity index (χ2v) is 20.7. The lowest BCUT2D eigenvalue weighted by molar-refractivity contribution is 0.0689. The molecule has 0 saturated heterocycles. The molecule has 0 heterocycles. The second kappa shape index (κ2) is 14.0. The maximum Gasteiger partial charge on any atom is 0.261 e. The number of aliphatic hydroxyl groups excluding tert-OH is 1. The van der Waals surface area contributed by atoms with Crippen LogP contribution in [0.15, 0.2) is 84.0 Å². The predicted molar refractivity (Wildman–Crippen MR) is 195 cm³/mol. The van der Waals surface area contributed by atoms with Gasteiger partial charge in [0.2, 0.25) is 0 Å². The largest absolute Gasteiger partial charge is 0.404 e. The first-order chi connectivity index (χ1) is 21.7. The van der Waals surface area contributed by atoms with Gasteiger partial charge in [0.1, 0.15) is 5.60 Å². The quantitative estimate of drug-likeness (QED) is 0.237. The molecule has 3 fully saturated rings. The van der Waals surface area contributed by atoms with Crippen LogP contribution < -0.4 is 10.4 Å². The molecule has 2 N–H and O–H groups in total. The third-order valence-corrected chi connectivity index (χ3v) is 16.5. The molecule has 5 rings (SSSR count). The van der Waals surface area contributed by atoms with Crippen LogP contribution in [0.3, 0.4) is 0 Å². The maximum absolute atomic E-state index is 11.2. The molecule has 2 aromatic rings. The topological polar surface area (TPSA) is 49.7 Å². The van der Waals surface area contributed by atoms with Gasteiger partial charge in [-0.2, -0.15) is 0 Å². The third kappa shape index (κ3) is 7.49. The van der Waals surface area contributed by atoms with Gasteiger partial charge in [0.25, 0.3) is 8.32 Å². The minimum Gasteiger partial charge on any atom is -0.404 e. The highest BCUT2D eigenvalue weighted by molar-refractivity contribution is 6.99. The van der Waals surface area contributed by atoms with Crippen molar-refractivity contribution in [1.29, 1.82) is 0 Å². The Bertz CT molecular complexity index is 1400. The summed E-state index contributed by atoms with van der Waals surface area (Å²) in [6, 6.07) is 21.7. The molecule has 46 heavy (non-hydrogen) atoms. The van der Waals surface area contributed by atoms with Crippen LogP contribution in [0.1, 0.15) is 106 Å². The summed E-state index contributed by atoms with van der Waals surface area (Å²) in [4.78, 5) is 0. The van der Waals surface area contributed by atoms with Crippen molar-refractivity contribution >= 4 is 18.7 Å². The number of rotatable bonds is 7. The van der Waals surface area contributed by atoms with Gasteiger partial charge in [0, 0.05) is 6.42 Å². The number of hydrogen-bond donors (Lipinski definition) is 2. The lowest BCUT2D eigenvalue weighted by Crippen LogP contribution is -2.68. The summed E-state index contributed by atoms with van der Waals surface area (Å²) in [6.45, 7) is 15.4. The van der Waals surface area contributed by atoms with E-state index in [1.807, 2.05) is 0 Å². The van der Waals surface area contributed by atoms with Crippen LogP contribution >= 0.6 is 0 Å². The maximum atomic E-state index is 11.2. The molecule has 4 heteroatoms. The molecule has 0 spiro atoms. The zero-order chi connectivity index (χ0) is 33.2. The van der Waals surface area contributed by atoms with Gasteiger partial charge in [-0.05, 0) is 104 Å². The summed E-state index contributed by atoms with van der Waals surface area (Å²) in [5.41, 5.74) is 2.29. The van der Waals surface area contributed by atoms with Crippen LogP contribution in [0.25, 0.3) is 0 Å². The van der Waals surface area contributed by atoms with Gasteiger partial charge in [-0.1, -0.05) is 125 Å². The number of fused-ring (bicyclic) bond motifs is 1. The van der Waals surface area contributed by atoms with E-state index in [2.05, 4.69) is 119 Å². The molecular formula is C42H58O3Si. The van der Waals surface area contributed by atoms with Crippen LogP contribution in [0.5, 0.6) is 0 Å². The highest BCUT2D eigenvalue weighted by atomic mass is 28.4. The minimum atomic E-state index is -2.69. The van der Waals surface area contributed by atoms with Crippen LogP contribution in [-0.4, -0.2) is 36.3 Å². The Morgan fingerprint density at radius 2 is 1.59 bits per heavy atom. The second-order valence-electron chi connectivity index (χ2n) is 16.4. The first-order valence-corrected chi connectivity index (χ1v) is 19.7. The predicted octanol–water partition coefficient (Wildman–Crippen LogP) is 8.35. The monoisotopic (exact) mass is 638 g/mol. The van der Waals surface area contributed by atoms with E-state index in [0.29, 0.717) is 29.6 Å². The Hall–Kier alpha value is -2.42. The summed E-state index contributed by atoms with van der Waals surface area (Å²) in [7, 11) is -2.69. The summed E-state index contributed by atoms with van der Waals surface area (Å²) in [6.07, 6.45) is 13.7. The van der Waals surface area contributed by atoms with Crippen molar-refractivity contribution in [2.24, 2.45) is 23.2 Å². The summed E-state index contributed by atoms with van der Waals surface area (Å²) < 4.78 is 7.48. The van der Waals surface area contributed by atoms with Gasteiger partial charge >= 0.3 is 0 Å². The van der Waals surface area contributed by atoms with Crippen LogP contribution in [0.4, 0.5) is 0 Å². The van der Waals surface area contributed by atoms with Gasteiger partial charge in [-0.25, -0.2) is 0 Å². The van der Waals surface area contributed by atoms with E-state index in [1.54, 1.807) is 19.4 Å². The van der Waals surface area contributed by atoms with E-state index in [9.17, 15) is 10.2 Å². The Morgan fingerprint density at radius 3 is 2.17 bits per heavy atom. The van der Waals surface area contributed by atoms with Crippen LogP contribution in [0.2, 0.25) is 5.04 Å². The fraction of sp³-hybridized carbons (Fsp3) is 0.571. The highest BCUT2D eigenvalue weighted by Crippen LogP contribution is 2.59. The third-order valence-electron chi connectivity index (χ3n) is 11.4. The van der Waals surface area contributed by atoms with Gasteiger partial charge in [0.05, 0.1) is 12.2 Å². The van der Waals surface area contributed by atoms with E-state index in [1.165, 1.54) is 48.1 Å². The molecule has 0 aliphatic heterocycles. The minimum absolute atomic E-state index is 0.0296. The number of aliphatic hydroxyl groups is 2. The first-order valence-electron chi connectivity index (χ1n) is 17.8. The standard InChI is InChI=1S/C42H58O3Si/c1-31(16-14-26-41(5,6)44)38-24-25-39-33(17-15-27-42(38,39)7)23-22-32-28-34(43)30-35(29-32)45-46(40(2,3)4,36-18-10-8-11-19-36)37-20-12-9-13-21-37/h8-13,18-23,31,34-35,38-39,43-44H,15-17,24-25,27-30H2,1-7H3/b32-22-,33-23+/t31-,34-,35+,38-,39-,42-/m1/s1. The van der Waals surface area contributed by atoms with E-state index in [4.69, 9.17) is 4.43 Å². The molecule has 248 valence electrons. The molecule has 0 amide bonds. The first kappa shape index (κ1) is 34.9. The summed E-state index contributed by atoms with van der Waals surface area (Å²) >= 11 is 0. The Labute approximate surface area is 280 Å². The van der Waals surface area contributed by atoms with Gasteiger partial charge in [-0.15, -0.1) is 5.92 Å². The lowest BCUT2D eigenvalue weighted by atomic mass is 9.61. The molecular weight excluding hydrogens is 581 g/mol. The Kier molecular flexibility index (Phi) is 10.6. The van der Waals surface area contributed by atoms with Crippen LogP contribution in [0, 0.1) is 35.0 Å². The van der Waals surface area contributed by atoms with E-state index in [-0.39, 0.29) is 17.2 Å². The van der Waals surface area contributed by atoms with Crippen molar-refractivity contribution in [1.82, 2.24) is 0 Å². The lowest BCUT2D eigenvalue weighted by Gasteiger charge is -2.46. The van der Waals surface area contributed by atoms with Gasteiger partial charge in [-0.3, -0.25) is 0 Å². The van der Waals surface area contributed by atoms with E-state index < -0.39 is 13.9 Å². The normalized spacial score (nSPS) is 29.7. The molecule has 0 aromatic heterocycles. The zero-order valence-electron chi connectivity index (χ0n) is 29.5. The van der Waals surface area contributed by atoms with Crippen molar-refractivity contribution in [3.8, 4) is 11.8 Å². The Morgan fingerprint density at radius 1 is 0.957 bits per heavy atom. The van der Waals surface area contributed by atoms with Crippen molar-refractivity contribution < 1.29 is 14.6 Å². The molecule has 0 radical (unpaired) electrons. The number of hydrogen-bond acceptors (Lipinski definition) is 3. The molecule has 3 aliphatic rings. The number of allylic oxidation sites excluding steroid dienone is 3. The van der Waals surface area contributed by atoms with Gasteiger partial charge in [0.15, 0.2) is 0 Å². The zero-order valence-corrected chi connectivity index (χ0v) is 30.5. The average molecular weight is 639 g/mol. The average Bonchev–Trinajstić information content (AvgIpc) is 3.36. The van der Waals surface area contributed by atoms with Crippen molar-refractivity contribution in [2.75, 3.05) is 0 Å². The highest BCUT2D eigenvalue weighted by Gasteiger charge is 2.52. The van der Waals surface area contributed by atoms with Gasteiger partial charge < -0.3 is 14.6 Å². The van der Waals surface area contributed by atoms with Crippen LogP contribution in [-0.2, 0) is 4.43 Å². The van der Waals surface area contributed by atoms with Crippen molar-refractivity contribution in [3.63, 3.8) is 0 Å². The van der Waals surface area contributed by atoms with Crippen molar-refractivity contribution in [3.05, 3.63) is 84.0 Å². The molecule has 3 saturated carbocycles. The molecule has 6 atom stereocenters. The summed E-state index contributed by atoms with van der Waals surface area (Å²) in [5, 5.41) is 23.7. The SMILES string of the molecule is C[C@H](CC#CC(C)(C)O)[C@H]1CC[C@@H]2/C(=C/C=C3/C[C@@H](O)C[C@@H](O[Si](c4ccccc4)(c4ccccc4)C(C)(C)C)C3)CCC[C@@]21C. The number of benzene rings is 2. The molecule has 2 aromatic carbocycles. The molecule has 3 aliphatic carbocycles. The smallest absolute Gasteiger partial charge is 0.261 e. The van der Waals surface area contributed by atoms with E-state index >= 15 is 0 Å².